The van der Waals surface area contributed by atoms with Crippen LogP contribution in [0.15, 0.2) is 29.5 Å². The quantitative estimate of drug-likeness (QED) is 0.503. The molecular formula is C15H17N5O4S. The molecule has 0 saturated carbocycles. The summed E-state index contributed by atoms with van der Waals surface area (Å²) in [5.74, 6) is 0.571. The number of hydrogen-bond acceptors (Lipinski definition) is 9. The van der Waals surface area contributed by atoms with Crippen molar-refractivity contribution in [1.82, 2.24) is 19.5 Å². The molecule has 4 heterocycles. The second-order valence-electron chi connectivity index (χ2n) is 5.76. The van der Waals surface area contributed by atoms with Gasteiger partial charge in [-0.2, -0.15) is 11.3 Å². The average molecular weight is 363 g/mol. The van der Waals surface area contributed by atoms with Crippen molar-refractivity contribution in [2.24, 2.45) is 0 Å². The topological polar surface area (TPSA) is 126 Å². The average Bonchev–Trinajstić information content (AvgIpc) is 3.34. The third-order valence-corrected chi connectivity index (χ3v) is 4.92. The van der Waals surface area contributed by atoms with E-state index in [1.165, 1.54) is 17.2 Å². The Hall–Kier alpha value is -2.11. The van der Waals surface area contributed by atoms with E-state index in [1.807, 2.05) is 16.8 Å². The fraction of sp³-hybridized carbons (Fsp3) is 0.400. The minimum atomic E-state index is -1.19. The number of aliphatic hydroxyl groups is 3. The van der Waals surface area contributed by atoms with E-state index in [1.54, 1.807) is 11.3 Å². The lowest BCUT2D eigenvalue weighted by Crippen LogP contribution is -2.33. The second-order valence-corrected chi connectivity index (χ2v) is 6.54. The number of hydrogen-bond donors (Lipinski definition) is 4. The first-order valence-electron chi connectivity index (χ1n) is 7.74. The maximum absolute atomic E-state index is 10.2. The zero-order chi connectivity index (χ0) is 17.4. The van der Waals surface area contributed by atoms with E-state index in [9.17, 15) is 15.3 Å². The Balaban J connectivity index is 1.63. The summed E-state index contributed by atoms with van der Waals surface area (Å²) in [6, 6.07) is 2.02. The maximum atomic E-state index is 10.2. The Labute approximate surface area is 146 Å². The molecule has 3 aromatic heterocycles. The number of anilines is 1. The predicted octanol–water partition coefficient (Wildman–Crippen LogP) is 0.111. The first-order chi connectivity index (χ1) is 12.2. The number of aliphatic hydroxyl groups excluding tert-OH is 3. The van der Waals surface area contributed by atoms with E-state index >= 15 is 0 Å². The van der Waals surface area contributed by atoms with Crippen molar-refractivity contribution >= 4 is 28.3 Å². The van der Waals surface area contributed by atoms with Gasteiger partial charge < -0.3 is 25.4 Å². The van der Waals surface area contributed by atoms with Crippen LogP contribution in [0.3, 0.4) is 0 Å². The summed E-state index contributed by atoms with van der Waals surface area (Å²) in [7, 11) is 0. The van der Waals surface area contributed by atoms with Crippen molar-refractivity contribution in [3.8, 4) is 0 Å². The number of nitrogens with zero attached hydrogens (tertiary/aromatic N) is 4. The fourth-order valence-corrected chi connectivity index (χ4v) is 3.52. The van der Waals surface area contributed by atoms with Crippen molar-refractivity contribution in [2.45, 2.75) is 31.1 Å². The number of imidazole rings is 1. The van der Waals surface area contributed by atoms with Gasteiger partial charge in [-0.15, -0.1) is 0 Å². The Morgan fingerprint density at radius 2 is 2.12 bits per heavy atom. The molecule has 1 unspecified atom stereocenters. The number of aromatic nitrogens is 4. The van der Waals surface area contributed by atoms with Gasteiger partial charge in [0.25, 0.3) is 0 Å². The van der Waals surface area contributed by atoms with Gasteiger partial charge >= 0.3 is 0 Å². The van der Waals surface area contributed by atoms with Crippen LogP contribution in [-0.4, -0.2) is 59.8 Å². The van der Waals surface area contributed by atoms with E-state index in [2.05, 4.69) is 20.3 Å². The first-order valence-corrected chi connectivity index (χ1v) is 8.68. The van der Waals surface area contributed by atoms with Crippen LogP contribution < -0.4 is 5.32 Å². The molecule has 3 aromatic rings. The summed E-state index contributed by atoms with van der Waals surface area (Å²) in [4.78, 5) is 12.8. The van der Waals surface area contributed by atoms with Crippen LogP contribution in [0.25, 0.3) is 11.2 Å². The smallest absolute Gasteiger partial charge is 0.167 e. The third kappa shape index (κ3) is 2.87. The molecule has 0 radical (unpaired) electrons. The van der Waals surface area contributed by atoms with Crippen LogP contribution in [0.4, 0.5) is 5.82 Å². The minimum absolute atomic E-state index is 0.385. The van der Waals surface area contributed by atoms with Gasteiger partial charge in [-0.1, -0.05) is 0 Å². The summed E-state index contributed by atoms with van der Waals surface area (Å²) >= 11 is 1.62. The molecular weight excluding hydrogens is 346 g/mol. The molecule has 1 saturated heterocycles. The summed E-state index contributed by atoms with van der Waals surface area (Å²) in [6.45, 7) is 0.222. The molecule has 1 aliphatic heterocycles. The van der Waals surface area contributed by atoms with Gasteiger partial charge in [0.15, 0.2) is 23.2 Å². The van der Waals surface area contributed by atoms with Crippen molar-refractivity contribution in [2.75, 3.05) is 11.9 Å². The number of rotatable bonds is 5. The molecule has 0 bridgehead atoms. The highest BCUT2D eigenvalue weighted by Crippen LogP contribution is 2.32. The molecule has 0 spiro atoms. The number of nitrogens with one attached hydrogen (secondary N) is 1. The fourth-order valence-electron chi connectivity index (χ4n) is 2.86. The number of fused-ring (bicyclic) bond motifs is 1. The molecule has 0 amide bonds. The Bertz CT molecular complexity index is 855. The highest BCUT2D eigenvalue weighted by Gasteiger charge is 2.44. The van der Waals surface area contributed by atoms with Crippen LogP contribution in [-0.2, 0) is 11.3 Å². The van der Waals surface area contributed by atoms with Crippen LogP contribution in [0, 0.1) is 0 Å². The highest BCUT2D eigenvalue weighted by molar-refractivity contribution is 7.07. The summed E-state index contributed by atoms with van der Waals surface area (Å²) in [5, 5.41) is 36.6. The third-order valence-electron chi connectivity index (χ3n) is 4.19. The van der Waals surface area contributed by atoms with Crippen LogP contribution in [0.5, 0.6) is 0 Å². The second kappa shape index (κ2) is 6.65. The molecule has 0 aromatic carbocycles. The van der Waals surface area contributed by atoms with Gasteiger partial charge in [-0.25, -0.2) is 15.0 Å². The summed E-state index contributed by atoms with van der Waals surface area (Å²) in [5.41, 5.74) is 2.15. The molecule has 10 heteroatoms. The Morgan fingerprint density at radius 1 is 1.24 bits per heavy atom. The van der Waals surface area contributed by atoms with E-state index < -0.39 is 24.5 Å². The lowest BCUT2D eigenvalue weighted by Gasteiger charge is -2.16. The SMILES string of the molecule is OC[C@H]1O[C@@H](n2cnc3c(NCc4ccsc4)ncnc32)C(O)[C@H]1O. The van der Waals surface area contributed by atoms with Crippen LogP contribution >= 0.6 is 11.3 Å². The number of ether oxygens (including phenoxy) is 1. The van der Waals surface area contributed by atoms with Crippen molar-refractivity contribution < 1.29 is 20.1 Å². The van der Waals surface area contributed by atoms with Gasteiger partial charge in [0.05, 0.1) is 12.9 Å². The lowest BCUT2D eigenvalue weighted by molar-refractivity contribution is -0.0511. The van der Waals surface area contributed by atoms with Gasteiger partial charge in [0.2, 0.25) is 0 Å². The predicted molar refractivity (Wildman–Crippen MR) is 90.0 cm³/mol. The Kier molecular flexibility index (Phi) is 4.36. The van der Waals surface area contributed by atoms with Gasteiger partial charge in [-0.05, 0) is 22.4 Å². The zero-order valence-corrected chi connectivity index (χ0v) is 13.9. The molecule has 4 N–H and O–H groups in total. The van der Waals surface area contributed by atoms with Crippen molar-refractivity contribution in [3.63, 3.8) is 0 Å². The molecule has 4 rings (SSSR count). The van der Waals surface area contributed by atoms with Crippen molar-refractivity contribution in [3.05, 3.63) is 35.0 Å². The van der Waals surface area contributed by atoms with Crippen LogP contribution in [0.2, 0.25) is 0 Å². The molecule has 9 nitrogen and oxygen atoms in total. The van der Waals surface area contributed by atoms with Crippen molar-refractivity contribution in [1.29, 1.82) is 0 Å². The largest absolute Gasteiger partial charge is 0.394 e. The normalized spacial score (nSPS) is 26.4. The van der Waals surface area contributed by atoms with E-state index in [0.29, 0.717) is 23.5 Å². The monoisotopic (exact) mass is 363 g/mol. The highest BCUT2D eigenvalue weighted by atomic mass is 32.1. The maximum Gasteiger partial charge on any atom is 0.167 e. The van der Waals surface area contributed by atoms with Gasteiger partial charge in [-0.3, -0.25) is 4.57 Å². The molecule has 25 heavy (non-hydrogen) atoms. The zero-order valence-electron chi connectivity index (χ0n) is 13.1. The lowest BCUT2D eigenvalue weighted by atomic mass is 10.1. The number of thiophene rings is 1. The minimum Gasteiger partial charge on any atom is -0.394 e. The van der Waals surface area contributed by atoms with E-state index in [0.717, 1.165) is 5.56 Å². The van der Waals surface area contributed by atoms with E-state index in [4.69, 9.17) is 4.74 Å². The molecule has 132 valence electrons. The molecule has 1 aliphatic rings. The summed E-state index contributed by atoms with van der Waals surface area (Å²) in [6.07, 6.45) is -1.21. The van der Waals surface area contributed by atoms with Gasteiger partial charge in [0, 0.05) is 6.54 Å². The van der Waals surface area contributed by atoms with Gasteiger partial charge in [0.1, 0.15) is 24.6 Å². The van der Waals surface area contributed by atoms with E-state index in [-0.39, 0.29) is 6.61 Å². The molecule has 1 fully saturated rings. The Morgan fingerprint density at radius 3 is 2.84 bits per heavy atom. The van der Waals surface area contributed by atoms with Crippen LogP contribution in [0.1, 0.15) is 11.8 Å². The molecule has 4 atom stereocenters. The standard InChI is InChI=1S/C15H17N5O4S/c21-4-9-11(22)12(23)15(24-9)20-7-19-10-13(17-6-18-14(10)20)16-3-8-1-2-25-5-8/h1-2,5-7,9,11-12,15,21-23H,3-4H2,(H,16,17,18)/t9-,11+,12?,15-/m1/s1. The summed E-state index contributed by atoms with van der Waals surface area (Å²) < 4.78 is 7.08. The first kappa shape index (κ1) is 16.4. The molecule has 0 aliphatic carbocycles.